The van der Waals surface area contributed by atoms with Crippen LogP contribution in [0.4, 0.5) is 0 Å². The van der Waals surface area contributed by atoms with Gasteiger partial charge < -0.3 is 11.1 Å². The molecule has 0 bridgehead atoms. The van der Waals surface area contributed by atoms with Crippen LogP contribution >= 0.6 is 15.9 Å². The maximum absolute atomic E-state index is 5.63. The Bertz CT molecular complexity index is 68.8. The summed E-state index contributed by atoms with van der Waals surface area (Å²) in [5, 5.41) is 3.21. The predicted octanol–water partition coefficient (Wildman–Crippen LogP) is 0.0705. The van der Waals surface area contributed by atoms with E-state index in [0.717, 1.165) is 19.5 Å². The molecule has 1 aliphatic rings. The molecule has 0 aromatic rings. The molecule has 0 aliphatic carbocycles. The summed E-state index contributed by atoms with van der Waals surface area (Å²) in [6, 6.07) is 0.355. The molecule has 0 saturated carbocycles. The minimum absolute atomic E-state index is 0.355. The van der Waals surface area contributed by atoms with Gasteiger partial charge in [0.2, 0.25) is 0 Å². The normalized spacial score (nSPS) is 39.8. The first-order valence-electron chi connectivity index (χ1n) is 2.89. The second-order valence-electron chi connectivity index (χ2n) is 2.25. The van der Waals surface area contributed by atoms with Crippen LogP contribution in [-0.4, -0.2) is 24.0 Å². The quantitative estimate of drug-likeness (QED) is 0.516. The minimum atomic E-state index is 0.355. The van der Waals surface area contributed by atoms with Gasteiger partial charge in [0.05, 0.1) is 0 Å². The molecule has 1 fully saturated rings. The molecule has 3 N–H and O–H groups in total. The monoisotopic (exact) mass is 178 g/mol. The lowest BCUT2D eigenvalue weighted by atomic mass is 10.1. The van der Waals surface area contributed by atoms with E-state index in [-0.39, 0.29) is 0 Å². The lowest BCUT2D eigenvalue weighted by Crippen LogP contribution is -2.44. The van der Waals surface area contributed by atoms with Crippen molar-refractivity contribution in [3.05, 3.63) is 0 Å². The first-order valence-corrected chi connectivity index (χ1v) is 3.81. The molecular formula is C5H11BrN2. The van der Waals surface area contributed by atoms with E-state index in [1.54, 1.807) is 0 Å². The van der Waals surface area contributed by atoms with Gasteiger partial charge in [-0.3, -0.25) is 0 Å². The summed E-state index contributed by atoms with van der Waals surface area (Å²) in [5.74, 6) is 0. The molecule has 1 heterocycles. The van der Waals surface area contributed by atoms with Gasteiger partial charge in [0.15, 0.2) is 0 Å². The molecule has 1 saturated heterocycles. The lowest BCUT2D eigenvalue weighted by molar-refractivity contribution is 0.473. The summed E-state index contributed by atoms with van der Waals surface area (Å²) in [6.07, 6.45) is 1.10. The standard InChI is InChI=1S/C5H11BrN2/c6-4-1-5(7)3-8-2-4/h4-5,8H,1-3,7H2. The largest absolute Gasteiger partial charge is 0.327 e. The summed E-state index contributed by atoms with van der Waals surface area (Å²) < 4.78 is 0. The maximum Gasteiger partial charge on any atom is 0.0285 e. The van der Waals surface area contributed by atoms with Gasteiger partial charge >= 0.3 is 0 Å². The zero-order valence-corrected chi connectivity index (χ0v) is 6.32. The van der Waals surface area contributed by atoms with Gasteiger partial charge in [0.1, 0.15) is 0 Å². The Kier molecular flexibility index (Phi) is 2.28. The Morgan fingerprint density at radius 3 is 2.62 bits per heavy atom. The van der Waals surface area contributed by atoms with Crippen molar-refractivity contribution in [3.8, 4) is 0 Å². The molecular weight excluding hydrogens is 168 g/mol. The van der Waals surface area contributed by atoms with Crippen molar-refractivity contribution in [2.75, 3.05) is 13.1 Å². The first-order chi connectivity index (χ1) is 3.79. The van der Waals surface area contributed by atoms with Crippen molar-refractivity contribution in [2.24, 2.45) is 5.73 Å². The van der Waals surface area contributed by atoms with Crippen LogP contribution in [0.3, 0.4) is 0 Å². The lowest BCUT2D eigenvalue weighted by Gasteiger charge is -2.22. The second kappa shape index (κ2) is 2.80. The predicted molar refractivity (Wildman–Crippen MR) is 38.2 cm³/mol. The average Bonchev–Trinajstić information content (AvgIpc) is 1.64. The molecule has 1 rings (SSSR count). The van der Waals surface area contributed by atoms with Gasteiger partial charge in [-0.25, -0.2) is 0 Å². The van der Waals surface area contributed by atoms with E-state index in [4.69, 9.17) is 5.73 Å². The minimum Gasteiger partial charge on any atom is -0.327 e. The SMILES string of the molecule is NC1CNCC(Br)C1. The van der Waals surface area contributed by atoms with E-state index in [1.165, 1.54) is 0 Å². The Hall–Kier alpha value is 0.400. The van der Waals surface area contributed by atoms with Gasteiger partial charge in [0, 0.05) is 24.0 Å². The van der Waals surface area contributed by atoms with E-state index >= 15 is 0 Å². The number of halogens is 1. The molecule has 0 radical (unpaired) electrons. The van der Waals surface area contributed by atoms with Crippen molar-refractivity contribution in [2.45, 2.75) is 17.3 Å². The molecule has 0 amide bonds. The van der Waals surface area contributed by atoms with Crippen LogP contribution in [0.1, 0.15) is 6.42 Å². The fraction of sp³-hybridized carbons (Fsp3) is 1.00. The molecule has 8 heavy (non-hydrogen) atoms. The zero-order valence-electron chi connectivity index (χ0n) is 4.73. The van der Waals surface area contributed by atoms with Gasteiger partial charge in [-0.05, 0) is 6.42 Å². The summed E-state index contributed by atoms with van der Waals surface area (Å²) in [7, 11) is 0. The van der Waals surface area contributed by atoms with Crippen LogP contribution in [0.5, 0.6) is 0 Å². The molecule has 2 nitrogen and oxygen atoms in total. The van der Waals surface area contributed by atoms with Crippen LogP contribution in [-0.2, 0) is 0 Å². The third kappa shape index (κ3) is 1.73. The van der Waals surface area contributed by atoms with Crippen molar-refractivity contribution >= 4 is 15.9 Å². The van der Waals surface area contributed by atoms with Gasteiger partial charge in [-0.15, -0.1) is 0 Å². The summed E-state index contributed by atoms with van der Waals surface area (Å²) >= 11 is 3.49. The number of piperidine rings is 1. The molecule has 0 aromatic carbocycles. The van der Waals surface area contributed by atoms with Crippen LogP contribution in [0.2, 0.25) is 0 Å². The Morgan fingerprint density at radius 2 is 2.25 bits per heavy atom. The number of hydrogen-bond acceptors (Lipinski definition) is 2. The van der Waals surface area contributed by atoms with E-state index in [2.05, 4.69) is 21.2 Å². The molecule has 0 aromatic heterocycles. The van der Waals surface area contributed by atoms with Crippen molar-refractivity contribution in [1.29, 1.82) is 0 Å². The number of nitrogens with one attached hydrogen (secondary N) is 1. The van der Waals surface area contributed by atoms with Crippen molar-refractivity contribution < 1.29 is 0 Å². The van der Waals surface area contributed by atoms with Gasteiger partial charge in [-0.1, -0.05) is 15.9 Å². The van der Waals surface area contributed by atoms with E-state index in [9.17, 15) is 0 Å². The van der Waals surface area contributed by atoms with Gasteiger partial charge in [-0.2, -0.15) is 0 Å². The Balaban J connectivity index is 2.23. The highest BCUT2D eigenvalue weighted by molar-refractivity contribution is 9.09. The second-order valence-corrected chi connectivity index (χ2v) is 3.55. The fourth-order valence-corrected chi connectivity index (χ4v) is 1.63. The van der Waals surface area contributed by atoms with Crippen LogP contribution in [0, 0.1) is 0 Å². The third-order valence-corrected chi connectivity index (χ3v) is 2.03. The van der Waals surface area contributed by atoms with E-state index in [0.29, 0.717) is 10.9 Å². The first kappa shape index (κ1) is 6.52. The Morgan fingerprint density at radius 1 is 1.50 bits per heavy atom. The molecule has 2 atom stereocenters. The zero-order chi connectivity index (χ0) is 5.98. The average molecular weight is 179 g/mol. The molecule has 0 spiro atoms. The molecule has 2 unspecified atom stereocenters. The number of alkyl halides is 1. The number of nitrogens with two attached hydrogens (primary N) is 1. The fourth-order valence-electron chi connectivity index (χ4n) is 0.921. The third-order valence-electron chi connectivity index (χ3n) is 1.33. The van der Waals surface area contributed by atoms with E-state index < -0.39 is 0 Å². The molecule has 1 aliphatic heterocycles. The molecule has 48 valence electrons. The van der Waals surface area contributed by atoms with Crippen LogP contribution in [0.25, 0.3) is 0 Å². The molecule has 3 heteroatoms. The van der Waals surface area contributed by atoms with Crippen molar-refractivity contribution in [3.63, 3.8) is 0 Å². The van der Waals surface area contributed by atoms with Gasteiger partial charge in [0.25, 0.3) is 0 Å². The highest BCUT2D eigenvalue weighted by atomic mass is 79.9. The Labute approximate surface area is 58.0 Å². The summed E-state index contributed by atoms with van der Waals surface area (Å²) in [5.41, 5.74) is 5.63. The smallest absolute Gasteiger partial charge is 0.0285 e. The number of rotatable bonds is 0. The topological polar surface area (TPSA) is 38.0 Å². The van der Waals surface area contributed by atoms with E-state index in [1.807, 2.05) is 0 Å². The summed E-state index contributed by atoms with van der Waals surface area (Å²) in [6.45, 7) is 2.04. The highest BCUT2D eigenvalue weighted by Crippen LogP contribution is 2.08. The van der Waals surface area contributed by atoms with Crippen LogP contribution < -0.4 is 11.1 Å². The number of hydrogen-bond donors (Lipinski definition) is 2. The maximum atomic E-state index is 5.63. The van der Waals surface area contributed by atoms with Crippen LogP contribution in [0.15, 0.2) is 0 Å². The van der Waals surface area contributed by atoms with Crippen molar-refractivity contribution in [1.82, 2.24) is 5.32 Å². The summed E-state index contributed by atoms with van der Waals surface area (Å²) in [4.78, 5) is 0.589. The highest BCUT2D eigenvalue weighted by Gasteiger charge is 2.14.